The molecule has 1 rings (SSSR count). The van der Waals surface area contributed by atoms with Crippen molar-refractivity contribution in [2.75, 3.05) is 0 Å². The Bertz CT molecular complexity index is 145. The van der Waals surface area contributed by atoms with Crippen LogP contribution < -0.4 is 5.32 Å². The molecule has 0 aromatic carbocycles. The fourth-order valence-corrected chi connectivity index (χ4v) is 1.40. The second kappa shape index (κ2) is 2.86. The summed E-state index contributed by atoms with van der Waals surface area (Å²) in [5.41, 5.74) is 1.01. The maximum Gasteiger partial charge on any atom is 0.0832 e. The topological polar surface area (TPSA) is 35.9 Å². The van der Waals surface area contributed by atoms with Gasteiger partial charge in [0.05, 0.1) is 6.34 Å². The van der Waals surface area contributed by atoms with Gasteiger partial charge in [0.25, 0.3) is 0 Å². The average Bonchev–Trinajstić information content (AvgIpc) is 1.82. The van der Waals surface area contributed by atoms with E-state index >= 15 is 0 Å². The summed E-state index contributed by atoms with van der Waals surface area (Å²) in [5, 5.41) is 9.59. The smallest absolute Gasteiger partial charge is 0.0832 e. The van der Waals surface area contributed by atoms with Gasteiger partial charge in [0.2, 0.25) is 0 Å². The maximum absolute atomic E-state index is 6.78. The van der Waals surface area contributed by atoms with Crippen molar-refractivity contribution >= 4 is 6.34 Å². The third-order valence-corrected chi connectivity index (χ3v) is 2.12. The Balaban J connectivity index is 2.24. The molecule has 2 nitrogen and oxygen atoms in total. The Labute approximate surface area is 61.8 Å². The summed E-state index contributed by atoms with van der Waals surface area (Å²) in [4.78, 5) is 0. The molecule has 1 saturated carbocycles. The minimum Gasteiger partial charge on any atom is -0.351 e. The van der Waals surface area contributed by atoms with Crippen LogP contribution in [0, 0.1) is 17.2 Å². The van der Waals surface area contributed by atoms with Crippen molar-refractivity contribution in [1.82, 2.24) is 5.32 Å². The molecule has 0 saturated heterocycles. The largest absolute Gasteiger partial charge is 0.351 e. The van der Waals surface area contributed by atoms with E-state index in [2.05, 4.69) is 18.8 Å². The van der Waals surface area contributed by atoms with Gasteiger partial charge in [-0.05, 0) is 24.7 Å². The van der Waals surface area contributed by atoms with Gasteiger partial charge in [-0.1, -0.05) is 13.5 Å². The van der Waals surface area contributed by atoms with E-state index < -0.39 is 0 Å². The first kappa shape index (κ1) is 7.32. The first-order valence-electron chi connectivity index (χ1n) is 3.68. The van der Waals surface area contributed by atoms with E-state index in [9.17, 15) is 0 Å². The van der Waals surface area contributed by atoms with Crippen LogP contribution in [0.4, 0.5) is 0 Å². The fraction of sp³-hybridized carbons (Fsp3) is 0.625. The molecule has 0 atom stereocenters. The van der Waals surface area contributed by atoms with Crippen molar-refractivity contribution in [3.63, 3.8) is 0 Å². The SMILES string of the molecule is C=C(NC=N)[C@H]1C[C@@H](C)C1. The highest BCUT2D eigenvalue weighted by atomic mass is 14.9. The molecule has 0 aromatic heterocycles. The molecule has 56 valence electrons. The fourth-order valence-electron chi connectivity index (χ4n) is 1.40. The normalized spacial score (nSPS) is 30.5. The van der Waals surface area contributed by atoms with Crippen LogP contribution in [0.2, 0.25) is 0 Å². The van der Waals surface area contributed by atoms with E-state index in [1.165, 1.54) is 19.2 Å². The molecule has 2 N–H and O–H groups in total. The van der Waals surface area contributed by atoms with E-state index in [0.717, 1.165) is 11.6 Å². The van der Waals surface area contributed by atoms with E-state index in [1.807, 2.05) is 0 Å². The van der Waals surface area contributed by atoms with Gasteiger partial charge < -0.3 is 5.32 Å². The monoisotopic (exact) mass is 138 g/mol. The predicted octanol–water partition coefficient (Wildman–Crippen LogP) is 1.74. The molecule has 0 aromatic rings. The lowest BCUT2D eigenvalue weighted by Crippen LogP contribution is -2.28. The van der Waals surface area contributed by atoms with Gasteiger partial charge >= 0.3 is 0 Å². The molecule has 2 heteroatoms. The lowest BCUT2D eigenvalue weighted by Gasteiger charge is -2.33. The number of rotatable bonds is 3. The Hall–Kier alpha value is -0.790. The van der Waals surface area contributed by atoms with Crippen molar-refractivity contribution in [2.24, 2.45) is 11.8 Å². The van der Waals surface area contributed by atoms with Crippen LogP contribution in [-0.2, 0) is 0 Å². The highest BCUT2D eigenvalue weighted by Crippen LogP contribution is 2.36. The Morgan fingerprint density at radius 3 is 2.70 bits per heavy atom. The maximum atomic E-state index is 6.78. The molecular weight excluding hydrogens is 124 g/mol. The first-order valence-corrected chi connectivity index (χ1v) is 3.68. The van der Waals surface area contributed by atoms with Crippen LogP contribution in [0.5, 0.6) is 0 Å². The van der Waals surface area contributed by atoms with Gasteiger partial charge in [-0.2, -0.15) is 0 Å². The quantitative estimate of drug-likeness (QED) is 0.452. The summed E-state index contributed by atoms with van der Waals surface area (Å²) in [6.45, 7) is 6.08. The molecule has 0 amide bonds. The summed E-state index contributed by atoms with van der Waals surface area (Å²) in [5.74, 6) is 1.48. The van der Waals surface area contributed by atoms with Gasteiger partial charge in [-0.3, -0.25) is 5.41 Å². The molecule has 1 aliphatic carbocycles. The van der Waals surface area contributed by atoms with Crippen LogP contribution in [0.15, 0.2) is 12.3 Å². The van der Waals surface area contributed by atoms with Crippen LogP contribution in [0.3, 0.4) is 0 Å². The predicted molar refractivity (Wildman–Crippen MR) is 42.9 cm³/mol. The van der Waals surface area contributed by atoms with Gasteiger partial charge in [0, 0.05) is 5.70 Å². The zero-order chi connectivity index (χ0) is 7.56. The number of hydrogen-bond acceptors (Lipinski definition) is 1. The van der Waals surface area contributed by atoms with Crippen molar-refractivity contribution in [1.29, 1.82) is 5.41 Å². The Kier molecular flexibility index (Phi) is 2.10. The molecule has 1 fully saturated rings. The van der Waals surface area contributed by atoms with Gasteiger partial charge in [-0.25, -0.2) is 0 Å². The van der Waals surface area contributed by atoms with Gasteiger partial charge in [-0.15, -0.1) is 0 Å². The minimum atomic E-state index is 0.622. The van der Waals surface area contributed by atoms with Crippen LogP contribution >= 0.6 is 0 Å². The third-order valence-electron chi connectivity index (χ3n) is 2.12. The third kappa shape index (κ3) is 1.38. The van der Waals surface area contributed by atoms with E-state index in [0.29, 0.717) is 5.92 Å². The summed E-state index contributed by atoms with van der Waals surface area (Å²) in [7, 11) is 0. The minimum absolute atomic E-state index is 0.622. The zero-order valence-electron chi connectivity index (χ0n) is 6.35. The highest BCUT2D eigenvalue weighted by Gasteiger charge is 2.26. The number of nitrogens with one attached hydrogen (secondary N) is 2. The van der Waals surface area contributed by atoms with Crippen molar-refractivity contribution in [2.45, 2.75) is 19.8 Å². The molecule has 1 aliphatic rings. The van der Waals surface area contributed by atoms with E-state index in [1.54, 1.807) is 0 Å². The molecular formula is C8H14N2. The second-order valence-corrected chi connectivity index (χ2v) is 3.09. The lowest BCUT2D eigenvalue weighted by molar-refractivity contribution is 0.245. The Morgan fingerprint density at radius 1 is 1.70 bits per heavy atom. The summed E-state index contributed by atoms with van der Waals surface area (Å²) in [6.07, 6.45) is 3.67. The number of allylic oxidation sites excluding steroid dienone is 1. The molecule has 0 spiro atoms. The Morgan fingerprint density at radius 2 is 2.30 bits per heavy atom. The molecule has 0 heterocycles. The van der Waals surface area contributed by atoms with Crippen LogP contribution in [0.25, 0.3) is 0 Å². The highest BCUT2D eigenvalue weighted by molar-refractivity contribution is 5.53. The van der Waals surface area contributed by atoms with Crippen molar-refractivity contribution in [3.05, 3.63) is 12.3 Å². The lowest BCUT2D eigenvalue weighted by atomic mass is 9.75. The van der Waals surface area contributed by atoms with E-state index in [-0.39, 0.29) is 0 Å². The van der Waals surface area contributed by atoms with Gasteiger partial charge in [0.1, 0.15) is 0 Å². The van der Waals surface area contributed by atoms with Crippen molar-refractivity contribution < 1.29 is 0 Å². The number of hydrogen-bond donors (Lipinski definition) is 2. The molecule has 0 bridgehead atoms. The summed E-state index contributed by atoms with van der Waals surface area (Å²) < 4.78 is 0. The van der Waals surface area contributed by atoms with Crippen molar-refractivity contribution in [3.8, 4) is 0 Å². The molecule has 10 heavy (non-hydrogen) atoms. The first-order chi connectivity index (χ1) is 4.74. The average molecular weight is 138 g/mol. The molecule has 0 unspecified atom stereocenters. The summed E-state index contributed by atoms with van der Waals surface area (Å²) >= 11 is 0. The van der Waals surface area contributed by atoms with Gasteiger partial charge in [0.15, 0.2) is 0 Å². The van der Waals surface area contributed by atoms with E-state index in [4.69, 9.17) is 5.41 Å². The standard InChI is InChI=1S/C8H14N2/c1-6-3-8(4-6)7(2)10-5-9/h5-6,8H,2-4H2,1H3,(H2,9,10)/t6-,8+. The van der Waals surface area contributed by atoms with Crippen LogP contribution in [0.1, 0.15) is 19.8 Å². The zero-order valence-corrected chi connectivity index (χ0v) is 6.35. The molecule has 0 aliphatic heterocycles. The molecule has 0 radical (unpaired) electrons. The summed E-state index contributed by atoms with van der Waals surface area (Å²) in [6, 6.07) is 0. The van der Waals surface area contributed by atoms with Crippen LogP contribution in [-0.4, -0.2) is 6.34 Å². The second-order valence-electron chi connectivity index (χ2n) is 3.09.